The zero-order valence-electron chi connectivity index (χ0n) is 11.3. The second-order valence-electron chi connectivity index (χ2n) is 3.41. The fourth-order valence-corrected chi connectivity index (χ4v) is 1.70. The molecule has 0 aliphatic heterocycles. The van der Waals surface area contributed by atoms with Crippen LogP contribution >= 0.6 is 23.5 Å². The zero-order chi connectivity index (χ0) is 14.6. The topological polar surface area (TPSA) is 132 Å². The summed E-state index contributed by atoms with van der Waals surface area (Å²) in [6.45, 7) is 0. The van der Waals surface area contributed by atoms with E-state index in [9.17, 15) is 19.8 Å². The summed E-state index contributed by atoms with van der Waals surface area (Å²) in [6.07, 6.45) is 4.79. The van der Waals surface area contributed by atoms with Crippen molar-refractivity contribution in [2.75, 3.05) is 24.0 Å². The van der Waals surface area contributed by atoms with E-state index in [0.717, 1.165) is 11.5 Å². The van der Waals surface area contributed by atoms with Gasteiger partial charge in [-0.2, -0.15) is 23.5 Å². The Morgan fingerprint density at radius 1 is 0.947 bits per heavy atom. The minimum Gasteiger partial charge on any atom is -0.548 e. The molecule has 108 valence electrons. The first-order chi connectivity index (χ1) is 8.36. The molecule has 0 bridgehead atoms. The summed E-state index contributed by atoms with van der Waals surface area (Å²) >= 11 is 3.15. The number of carboxylic acid groups (broad SMARTS) is 2. The average Bonchev–Trinajstić information content (AvgIpc) is 2.33. The summed E-state index contributed by atoms with van der Waals surface area (Å²) in [5.41, 5.74) is 10.3. The third-order valence-corrected chi connectivity index (χ3v) is 3.16. The molecular formula is C10H20MgN2O4S2. The van der Waals surface area contributed by atoms with Gasteiger partial charge in [0.1, 0.15) is 0 Å². The van der Waals surface area contributed by atoms with E-state index in [-0.39, 0.29) is 23.1 Å². The van der Waals surface area contributed by atoms with Gasteiger partial charge in [-0.15, -0.1) is 0 Å². The molecule has 0 aliphatic rings. The van der Waals surface area contributed by atoms with Crippen LogP contribution in [0.25, 0.3) is 0 Å². The predicted octanol–water partition coefficient (Wildman–Crippen LogP) is -2.75. The molecule has 0 saturated carbocycles. The molecule has 0 spiro atoms. The summed E-state index contributed by atoms with van der Waals surface area (Å²) in [5, 5.41) is 19.9. The molecule has 2 unspecified atom stereocenters. The minimum atomic E-state index is -1.16. The molecule has 9 heteroatoms. The van der Waals surface area contributed by atoms with Crippen molar-refractivity contribution in [1.29, 1.82) is 0 Å². The Hall–Kier alpha value is 0.326. The summed E-state index contributed by atoms with van der Waals surface area (Å²) in [4.78, 5) is 19.9. The van der Waals surface area contributed by atoms with Gasteiger partial charge >= 0.3 is 23.1 Å². The van der Waals surface area contributed by atoms with Crippen LogP contribution in [-0.2, 0) is 9.59 Å². The van der Waals surface area contributed by atoms with Gasteiger partial charge in [-0.25, -0.2) is 0 Å². The van der Waals surface area contributed by atoms with Gasteiger partial charge < -0.3 is 31.3 Å². The van der Waals surface area contributed by atoms with Crippen molar-refractivity contribution in [3.8, 4) is 0 Å². The summed E-state index contributed by atoms with van der Waals surface area (Å²) in [5.74, 6) is -0.780. The fourth-order valence-electron chi connectivity index (χ4n) is 0.725. The molecule has 0 amide bonds. The van der Waals surface area contributed by atoms with Crippen LogP contribution in [0.2, 0.25) is 0 Å². The monoisotopic (exact) mass is 320 g/mol. The van der Waals surface area contributed by atoms with Crippen LogP contribution in [-0.4, -0.2) is 71.1 Å². The second-order valence-corrected chi connectivity index (χ2v) is 5.39. The largest absolute Gasteiger partial charge is 2.00 e. The van der Waals surface area contributed by atoms with E-state index in [4.69, 9.17) is 11.5 Å². The van der Waals surface area contributed by atoms with Crippen molar-refractivity contribution in [1.82, 2.24) is 0 Å². The van der Waals surface area contributed by atoms with Gasteiger partial charge in [0.25, 0.3) is 0 Å². The Balaban J connectivity index is -0.000000256. The fraction of sp³-hybridized carbons (Fsp3) is 0.800. The second kappa shape index (κ2) is 16.4. The first kappa shape index (κ1) is 24.4. The maximum absolute atomic E-state index is 9.96. The standard InChI is InChI=1S/2C5H11NO2S.Mg/c2*1-9-3-2-4(6)5(7)8;/h2*4H,2-3,6H2,1H3,(H,7,8);/q;;+2/p-2. The third kappa shape index (κ3) is 18.3. The molecule has 0 saturated heterocycles. The Bertz CT molecular complexity index is 224. The molecule has 0 aliphatic carbocycles. The molecule has 0 fully saturated rings. The van der Waals surface area contributed by atoms with Crippen molar-refractivity contribution in [3.05, 3.63) is 0 Å². The average molecular weight is 321 g/mol. The van der Waals surface area contributed by atoms with Crippen molar-refractivity contribution in [2.45, 2.75) is 24.9 Å². The van der Waals surface area contributed by atoms with Crippen LogP contribution < -0.4 is 21.7 Å². The summed E-state index contributed by atoms with van der Waals surface area (Å²) in [7, 11) is 0. The quantitative estimate of drug-likeness (QED) is 0.460. The molecule has 0 aromatic rings. The Morgan fingerprint density at radius 2 is 1.21 bits per heavy atom. The normalized spacial score (nSPS) is 12.4. The van der Waals surface area contributed by atoms with Gasteiger partial charge in [0.05, 0.1) is 11.9 Å². The number of rotatable bonds is 8. The van der Waals surface area contributed by atoms with Crippen molar-refractivity contribution in [2.24, 2.45) is 11.5 Å². The number of hydrogen-bond donors (Lipinski definition) is 2. The van der Waals surface area contributed by atoms with E-state index in [0.29, 0.717) is 12.8 Å². The molecule has 0 heterocycles. The Labute approximate surface area is 138 Å². The molecule has 0 aromatic heterocycles. The molecule has 19 heavy (non-hydrogen) atoms. The number of thioether (sulfide) groups is 2. The van der Waals surface area contributed by atoms with Crippen LogP contribution in [0.5, 0.6) is 0 Å². The maximum Gasteiger partial charge on any atom is 2.00 e. The molecule has 0 rings (SSSR count). The number of hydrogen-bond acceptors (Lipinski definition) is 8. The molecule has 0 radical (unpaired) electrons. The number of carbonyl (C=O) groups excluding carboxylic acids is 2. The first-order valence-corrected chi connectivity index (χ1v) is 8.06. The number of nitrogens with two attached hydrogens (primary N) is 2. The van der Waals surface area contributed by atoms with E-state index < -0.39 is 24.0 Å². The molecule has 2 atom stereocenters. The van der Waals surface area contributed by atoms with Crippen molar-refractivity contribution in [3.63, 3.8) is 0 Å². The van der Waals surface area contributed by atoms with Gasteiger partial charge in [0.15, 0.2) is 0 Å². The Morgan fingerprint density at radius 3 is 1.37 bits per heavy atom. The van der Waals surface area contributed by atoms with Crippen LogP contribution in [0, 0.1) is 0 Å². The van der Waals surface area contributed by atoms with E-state index in [1.54, 1.807) is 23.5 Å². The SMILES string of the molecule is CSCCC(N)C(=O)[O-].CSCCC(N)C(=O)[O-].[Mg+2]. The first-order valence-electron chi connectivity index (χ1n) is 5.27. The van der Waals surface area contributed by atoms with Gasteiger partial charge in [0, 0.05) is 12.1 Å². The summed E-state index contributed by atoms with van der Waals surface area (Å²) in [6, 6.07) is -1.59. The zero-order valence-corrected chi connectivity index (χ0v) is 14.3. The smallest absolute Gasteiger partial charge is 0.548 e. The van der Waals surface area contributed by atoms with E-state index in [1.165, 1.54) is 0 Å². The van der Waals surface area contributed by atoms with Crippen LogP contribution in [0.1, 0.15) is 12.8 Å². The molecule has 6 nitrogen and oxygen atoms in total. The van der Waals surface area contributed by atoms with E-state index in [1.807, 2.05) is 12.5 Å². The predicted molar refractivity (Wildman–Crippen MR) is 77.7 cm³/mol. The Kier molecular flexibility index (Phi) is 21.0. The minimum absolute atomic E-state index is 0. The van der Waals surface area contributed by atoms with Gasteiger partial charge in [0.2, 0.25) is 0 Å². The number of carboxylic acids is 2. The van der Waals surface area contributed by atoms with Gasteiger partial charge in [-0.3, -0.25) is 0 Å². The van der Waals surface area contributed by atoms with Gasteiger partial charge in [-0.1, -0.05) is 0 Å². The molecule has 0 aromatic carbocycles. The summed E-state index contributed by atoms with van der Waals surface area (Å²) < 4.78 is 0. The van der Waals surface area contributed by atoms with Crippen molar-refractivity contribution >= 4 is 58.5 Å². The van der Waals surface area contributed by atoms with Crippen LogP contribution in [0.4, 0.5) is 0 Å². The van der Waals surface area contributed by atoms with E-state index >= 15 is 0 Å². The van der Waals surface area contributed by atoms with E-state index in [2.05, 4.69) is 0 Å². The maximum atomic E-state index is 9.96. The van der Waals surface area contributed by atoms with Crippen LogP contribution in [0.15, 0.2) is 0 Å². The third-order valence-electron chi connectivity index (χ3n) is 1.87. The molecular weight excluding hydrogens is 301 g/mol. The number of carbonyl (C=O) groups is 2. The number of aliphatic carboxylic acids is 2. The molecule has 4 N–H and O–H groups in total. The van der Waals surface area contributed by atoms with Crippen LogP contribution in [0.3, 0.4) is 0 Å². The van der Waals surface area contributed by atoms with Gasteiger partial charge in [-0.05, 0) is 36.9 Å². The van der Waals surface area contributed by atoms with Crippen molar-refractivity contribution < 1.29 is 19.8 Å².